The third-order valence-electron chi connectivity index (χ3n) is 6.68. The highest BCUT2D eigenvalue weighted by Crippen LogP contribution is 2.31. The summed E-state index contributed by atoms with van der Waals surface area (Å²) in [5.41, 5.74) is 5.75. The molecule has 0 aliphatic carbocycles. The number of anilines is 2. The van der Waals surface area contributed by atoms with E-state index in [9.17, 15) is 8.42 Å². The van der Waals surface area contributed by atoms with Crippen molar-refractivity contribution in [2.45, 2.75) is 26.6 Å². The molecular formula is C34H31N3O5S. The Morgan fingerprint density at radius 1 is 0.837 bits per heavy atom. The van der Waals surface area contributed by atoms with E-state index in [2.05, 4.69) is 14.5 Å². The molecule has 4 aromatic carbocycles. The second kappa shape index (κ2) is 13.2. The third kappa shape index (κ3) is 8.18. The first-order valence-electron chi connectivity index (χ1n) is 13.6. The number of nitrogens with one attached hydrogen (secondary N) is 1. The number of hydrogen-bond donors (Lipinski definition) is 1. The van der Waals surface area contributed by atoms with Crippen LogP contribution < -0.4 is 19.1 Å². The van der Waals surface area contributed by atoms with Gasteiger partial charge in [-0.2, -0.15) is 0 Å². The van der Waals surface area contributed by atoms with Crippen LogP contribution in [0.3, 0.4) is 0 Å². The number of ether oxygens (including phenoxy) is 2. The van der Waals surface area contributed by atoms with Gasteiger partial charge in [0.25, 0.3) is 0 Å². The summed E-state index contributed by atoms with van der Waals surface area (Å²) in [5, 5.41) is 0. The molecule has 1 N–H and O–H groups in total. The van der Waals surface area contributed by atoms with Crippen molar-refractivity contribution in [3.63, 3.8) is 0 Å². The molecule has 0 fully saturated rings. The van der Waals surface area contributed by atoms with Crippen molar-refractivity contribution in [1.29, 1.82) is 0 Å². The first kappa shape index (κ1) is 29.3. The van der Waals surface area contributed by atoms with Gasteiger partial charge in [-0.05, 0) is 66.1 Å². The summed E-state index contributed by atoms with van der Waals surface area (Å²) in [7, 11) is -3.44. The molecule has 5 aromatic rings. The zero-order valence-corrected chi connectivity index (χ0v) is 24.7. The maximum atomic E-state index is 12.0. The van der Waals surface area contributed by atoms with Gasteiger partial charge in [-0.15, -0.1) is 0 Å². The van der Waals surface area contributed by atoms with E-state index in [0.29, 0.717) is 48.3 Å². The number of benzene rings is 4. The molecule has 218 valence electrons. The second-order valence-electron chi connectivity index (χ2n) is 10.1. The summed E-state index contributed by atoms with van der Waals surface area (Å²) < 4.78 is 43.6. The van der Waals surface area contributed by atoms with Crippen LogP contribution in [0.15, 0.2) is 114 Å². The fourth-order valence-corrected chi connectivity index (χ4v) is 5.26. The first-order valence-corrected chi connectivity index (χ1v) is 15.4. The van der Waals surface area contributed by atoms with Crippen molar-refractivity contribution in [2.24, 2.45) is 0 Å². The molecule has 5 rings (SSSR count). The standard InChI is InChI=1S/C34H31N3O5S/c1-25-33(36-43(3,38)39)11-6-12-34(25)37(22-27-7-4-8-29(19-27)35-2)21-26-13-15-30(16-14-26)42-32-10-5-9-31(20-32)41-24-28-17-18-40-23-28/h4-20,23,36H,21-22,24H2,1,3H3. The van der Waals surface area contributed by atoms with E-state index in [1.54, 1.807) is 24.7 Å². The van der Waals surface area contributed by atoms with Crippen LogP contribution in [0.5, 0.6) is 17.2 Å². The number of hydrogen-bond acceptors (Lipinski definition) is 6. The highest BCUT2D eigenvalue weighted by molar-refractivity contribution is 7.92. The van der Waals surface area contributed by atoms with Gasteiger partial charge >= 0.3 is 0 Å². The Labute approximate surface area is 252 Å². The molecule has 9 heteroatoms. The summed E-state index contributed by atoms with van der Waals surface area (Å²) in [4.78, 5) is 5.74. The number of sulfonamides is 1. The van der Waals surface area contributed by atoms with Crippen LogP contribution >= 0.6 is 0 Å². The lowest BCUT2D eigenvalue weighted by molar-refractivity contribution is 0.303. The average molecular weight is 594 g/mol. The number of furan rings is 1. The Morgan fingerprint density at radius 2 is 1.58 bits per heavy atom. The summed E-state index contributed by atoms with van der Waals surface area (Å²) in [6, 6.07) is 30.2. The van der Waals surface area contributed by atoms with Crippen LogP contribution in [0.4, 0.5) is 17.1 Å². The molecule has 8 nitrogen and oxygen atoms in total. The molecule has 0 amide bonds. The average Bonchev–Trinajstić information content (AvgIpc) is 3.51. The maximum Gasteiger partial charge on any atom is 0.229 e. The van der Waals surface area contributed by atoms with E-state index < -0.39 is 10.0 Å². The summed E-state index contributed by atoms with van der Waals surface area (Å²) in [6.07, 6.45) is 4.40. The Kier molecular flexibility index (Phi) is 8.99. The fraction of sp³-hybridized carbons (Fsp3) is 0.147. The van der Waals surface area contributed by atoms with Crippen molar-refractivity contribution in [3.05, 3.63) is 143 Å². The van der Waals surface area contributed by atoms with Crippen LogP contribution in [0.1, 0.15) is 22.3 Å². The Balaban J connectivity index is 1.34. The van der Waals surface area contributed by atoms with Gasteiger partial charge in [0.15, 0.2) is 5.69 Å². The zero-order valence-electron chi connectivity index (χ0n) is 23.9. The van der Waals surface area contributed by atoms with Gasteiger partial charge in [0.05, 0.1) is 31.0 Å². The van der Waals surface area contributed by atoms with E-state index in [1.807, 2.05) is 91.9 Å². The van der Waals surface area contributed by atoms with Crippen LogP contribution in [0, 0.1) is 13.5 Å². The van der Waals surface area contributed by atoms with Crippen LogP contribution in [-0.2, 0) is 29.7 Å². The Bertz CT molecular complexity index is 1830. The van der Waals surface area contributed by atoms with Gasteiger partial charge < -0.3 is 18.8 Å². The van der Waals surface area contributed by atoms with Crippen molar-refractivity contribution in [3.8, 4) is 17.2 Å². The van der Waals surface area contributed by atoms with Gasteiger partial charge in [-0.3, -0.25) is 4.72 Å². The summed E-state index contributed by atoms with van der Waals surface area (Å²) in [6.45, 7) is 10.8. The van der Waals surface area contributed by atoms with Crippen LogP contribution in [0.2, 0.25) is 0 Å². The monoisotopic (exact) mass is 593 g/mol. The summed E-state index contributed by atoms with van der Waals surface area (Å²) in [5.74, 6) is 2.03. The summed E-state index contributed by atoms with van der Waals surface area (Å²) >= 11 is 0. The van der Waals surface area contributed by atoms with Gasteiger partial charge in [-0.25, -0.2) is 13.3 Å². The smallest absolute Gasteiger partial charge is 0.229 e. The molecule has 43 heavy (non-hydrogen) atoms. The molecule has 0 saturated carbocycles. The maximum absolute atomic E-state index is 12.0. The molecule has 0 radical (unpaired) electrons. The van der Waals surface area contributed by atoms with Crippen molar-refractivity contribution in [1.82, 2.24) is 0 Å². The number of nitrogens with zero attached hydrogens (tertiary/aromatic N) is 2. The van der Waals surface area contributed by atoms with E-state index in [0.717, 1.165) is 34.2 Å². The minimum absolute atomic E-state index is 0.403. The molecule has 0 atom stereocenters. The Morgan fingerprint density at radius 3 is 2.33 bits per heavy atom. The molecule has 1 aromatic heterocycles. The molecule has 1 heterocycles. The van der Waals surface area contributed by atoms with Gasteiger partial charge in [0, 0.05) is 30.4 Å². The van der Waals surface area contributed by atoms with E-state index in [1.165, 1.54) is 0 Å². The molecule has 0 spiro atoms. The normalized spacial score (nSPS) is 11.0. The predicted molar refractivity (Wildman–Crippen MR) is 168 cm³/mol. The second-order valence-corrected chi connectivity index (χ2v) is 11.9. The third-order valence-corrected chi connectivity index (χ3v) is 7.27. The highest BCUT2D eigenvalue weighted by Gasteiger charge is 2.16. The predicted octanol–water partition coefficient (Wildman–Crippen LogP) is 8.09. The van der Waals surface area contributed by atoms with E-state index in [-0.39, 0.29) is 0 Å². The van der Waals surface area contributed by atoms with Gasteiger partial charge in [0.2, 0.25) is 10.0 Å². The minimum atomic E-state index is -3.44. The van der Waals surface area contributed by atoms with E-state index in [4.69, 9.17) is 20.5 Å². The lowest BCUT2D eigenvalue weighted by atomic mass is 10.1. The highest BCUT2D eigenvalue weighted by atomic mass is 32.2. The minimum Gasteiger partial charge on any atom is -0.489 e. The molecular weight excluding hydrogens is 562 g/mol. The van der Waals surface area contributed by atoms with E-state index >= 15 is 0 Å². The Hall–Kier alpha value is -5.20. The van der Waals surface area contributed by atoms with Crippen molar-refractivity contribution >= 4 is 27.1 Å². The molecule has 0 unspecified atom stereocenters. The van der Waals surface area contributed by atoms with Crippen molar-refractivity contribution < 1.29 is 22.3 Å². The van der Waals surface area contributed by atoms with Crippen LogP contribution in [0.25, 0.3) is 4.85 Å². The van der Waals surface area contributed by atoms with Crippen LogP contribution in [-0.4, -0.2) is 14.7 Å². The quantitative estimate of drug-likeness (QED) is 0.147. The zero-order chi connectivity index (χ0) is 30.2. The molecule has 0 aliphatic rings. The lowest BCUT2D eigenvalue weighted by Crippen LogP contribution is -2.23. The first-order chi connectivity index (χ1) is 20.8. The molecule has 0 aliphatic heterocycles. The lowest BCUT2D eigenvalue weighted by Gasteiger charge is -2.28. The topological polar surface area (TPSA) is 85.4 Å². The molecule has 0 saturated heterocycles. The van der Waals surface area contributed by atoms with Gasteiger partial charge in [-0.1, -0.05) is 48.5 Å². The molecule has 0 bridgehead atoms. The van der Waals surface area contributed by atoms with Gasteiger partial charge in [0.1, 0.15) is 23.9 Å². The number of rotatable bonds is 12. The fourth-order valence-electron chi connectivity index (χ4n) is 4.64. The van der Waals surface area contributed by atoms with Crippen molar-refractivity contribution in [2.75, 3.05) is 15.9 Å². The SMILES string of the molecule is [C-]#[N+]c1cccc(CN(Cc2ccc(Oc3cccc(OCc4ccoc4)c3)cc2)c2cccc(NS(C)(=O)=O)c2C)c1. The largest absolute Gasteiger partial charge is 0.489 e.